The van der Waals surface area contributed by atoms with E-state index >= 15 is 0 Å². The molecule has 0 aliphatic heterocycles. The van der Waals surface area contributed by atoms with Crippen LogP contribution in [-0.4, -0.2) is 22.1 Å². The van der Waals surface area contributed by atoms with Gasteiger partial charge >= 0.3 is 5.97 Å². The first-order chi connectivity index (χ1) is 6.00. The van der Waals surface area contributed by atoms with E-state index in [1.165, 1.54) is 12.3 Å². The Balaban J connectivity index is 2.90. The van der Waals surface area contributed by atoms with Gasteiger partial charge in [0.05, 0.1) is 16.7 Å². The third-order valence-corrected chi connectivity index (χ3v) is 2.11. The molecule has 1 rings (SSSR count). The summed E-state index contributed by atoms with van der Waals surface area (Å²) in [7, 11) is 0. The molecule has 1 N–H and O–H groups in total. The lowest BCUT2D eigenvalue weighted by Crippen LogP contribution is -2.05. The van der Waals surface area contributed by atoms with Crippen LogP contribution in [0.5, 0.6) is 0 Å². The van der Waals surface area contributed by atoms with Crippen LogP contribution in [0.25, 0.3) is 0 Å². The summed E-state index contributed by atoms with van der Waals surface area (Å²) in [6.07, 6.45) is -1.33. The second kappa shape index (κ2) is 3.87. The van der Waals surface area contributed by atoms with Crippen molar-refractivity contribution in [2.75, 3.05) is 0 Å². The predicted molar refractivity (Wildman–Crippen MR) is 45.1 cm³/mol. The molecule has 3 nitrogen and oxygen atoms in total. The third-order valence-electron chi connectivity index (χ3n) is 1.43. The van der Waals surface area contributed by atoms with Crippen molar-refractivity contribution in [2.45, 2.75) is 13.0 Å². The molecule has 0 amide bonds. The van der Waals surface area contributed by atoms with Gasteiger partial charge in [0.25, 0.3) is 6.43 Å². The zero-order chi connectivity index (χ0) is 10.0. The molecule has 0 radical (unpaired) electrons. The lowest BCUT2D eigenvalue weighted by atomic mass is 10.4. The summed E-state index contributed by atoms with van der Waals surface area (Å²) in [4.78, 5) is 10.4. The van der Waals surface area contributed by atoms with Crippen molar-refractivity contribution in [3.05, 3.63) is 22.4 Å². The van der Waals surface area contributed by atoms with E-state index in [-0.39, 0.29) is 5.56 Å². The molecule has 0 fully saturated rings. The van der Waals surface area contributed by atoms with Crippen molar-refractivity contribution < 1.29 is 18.7 Å². The minimum absolute atomic E-state index is 0.00692. The number of halogens is 3. The summed E-state index contributed by atoms with van der Waals surface area (Å²) in [5, 5.41) is 8.54. The number of carboxylic acids is 1. The van der Waals surface area contributed by atoms with E-state index in [4.69, 9.17) is 5.11 Å². The molecule has 0 unspecified atom stereocenters. The van der Waals surface area contributed by atoms with E-state index < -0.39 is 18.9 Å². The smallest absolute Gasteiger partial charge is 0.337 e. The monoisotopic (exact) mass is 253 g/mol. The predicted octanol–water partition coefficient (Wildman–Crippen LogP) is 2.21. The maximum atomic E-state index is 11.9. The molecular formula is C7H6BrF2NO2. The summed E-state index contributed by atoms with van der Waals surface area (Å²) in [6, 6.07) is 1.28. The number of alkyl halides is 2. The number of carbonyl (C=O) groups is 1. The number of carboxylic acid groups (broad SMARTS) is 1. The number of hydrogen-bond acceptors (Lipinski definition) is 1. The Morgan fingerprint density at radius 1 is 1.69 bits per heavy atom. The minimum Gasteiger partial charge on any atom is -0.478 e. The van der Waals surface area contributed by atoms with Crippen molar-refractivity contribution in [2.24, 2.45) is 0 Å². The van der Waals surface area contributed by atoms with E-state index in [9.17, 15) is 13.6 Å². The average Bonchev–Trinajstić information content (AvgIpc) is 2.31. The highest BCUT2D eigenvalue weighted by Gasteiger charge is 2.12. The fraction of sp³-hybridized carbons (Fsp3) is 0.286. The van der Waals surface area contributed by atoms with Gasteiger partial charge in [0.1, 0.15) is 0 Å². The van der Waals surface area contributed by atoms with Gasteiger partial charge in [-0.1, -0.05) is 0 Å². The van der Waals surface area contributed by atoms with E-state index in [0.717, 1.165) is 4.57 Å². The maximum Gasteiger partial charge on any atom is 0.337 e. The van der Waals surface area contributed by atoms with Gasteiger partial charge in [-0.2, -0.15) is 0 Å². The number of aromatic nitrogens is 1. The van der Waals surface area contributed by atoms with Crippen molar-refractivity contribution >= 4 is 21.9 Å². The van der Waals surface area contributed by atoms with Crippen molar-refractivity contribution in [1.29, 1.82) is 0 Å². The zero-order valence-corrected chi connectivity index (χ0v) is 7.96. The van der Waals surface area contributed by atoms with Crippen LogP contribution in [-0.2, 0) is 6.54 Å². The van der Waals surface area contributed by atoms with Gasteiger partial charge in [-0.05, 0) is 22.0 Å². The Morgan fingerprint density at radius 2 is 2.31 bits per heavy atom. The third kappa shape index (κ3) is 2.51. The summed E-state index contributed by atoms with van der Waals surface area (Å²) in [5.41, 5.74) is -0.00692. The van der Waals surface area contributed by atoms with Gasteiger partial charge in [-0.3, -0.25) is 0 Å². The normalized spacial score (nSPS) is 10.8. The molecule has 1 aromatic heterocycles. The topological polar surface area (TPSA) is 42.2 Å². The first-order valence-corrected chi connectivity index (χ1v) is 4.17. The Hall–Kier alpha value is -0.910. The van der Waals surface area contributed by atoms with Gasteiger partial charge in [0, 0.05) is 6.20 Å². The highest BCUT2D eigenvalue weighted by molar-refractivity contribution is 9.10. The Morgan fingerprint density at radius 3 is 2.69 bits per heavy atom. The number of nitrogens with zero attached hydrogens (tertiary/aromatic N) is 1. The standard InChI is InChI=1S/C7H6BrF2NO2/c8-5-1-4(7(12)13)2-11(5)3-6(9)10/h1-2,6H,3H2,(H,12,13). The van der Waals surface area contributed by atoms with Gasteiger partial charge in [0.15, 0.2) is 0 Å². The fourth-order valence-electron chi connectivity index (χ4n) is 0.884. The summed E-state index contributed by atoms with van der Waals surface area (Å²) < 4.78 is 25.3. The molecular weight excluding hydrogens is 248 g/mol. The van der Waals surface area contributed by atoms with Gasteiger partial charge in [-0.15, -0.1) is 0 Å². The van der Waals surface area contributed by atoms with Crippen LogP contribution in [0.2, 0.25) is 0 Å². The lowest BCUT2D eigenvalue weighted by Gasteiger charge is -2.01. The van der Waals surface area contributed by atoms with Crippen LogP contribution in [0, 0.1) is 0 Å². The number of hydrogen-bond donors (Lipinski definition) is 1. The molecule has 0 bridgehead atoms. The summed E-state index contributed by atoms with van der Waals surface area (Å²) in [5.74, 6) is -1.13. The van der Waals surface area contributed by atoms with Gasteiger partial charge < -0.3 is 9.67 Å². The highest BCUT2D eigenvalue weighted by atomic mass is 79.9. The van der Waals surface area contributed by atoms with Crippen molar-refractivity contribution in [3.63, 3.8) is 0 Å². The first kappa shape index (κ1) is 10.2. The Kier molecular flexibility index (Phi) is 3.02. The molecule has 0 atom stereocenters. The van der Waals surface area contributed by atoms with E-state index in [1.807, 2.05) is 0 Å². The molecule has 0 saturated carbocycles. The van der Waals surface area contributed by atoms with Crippen LogP contribution in [0.15, 0.2) is 16.9 Å². The molecule has 72 valence electrons. The van der Waals surface area contributed by atoms with Crippen LogP contribution in [0.1, 0.15) is 10.4 Å². The SMILES string of the molecule is O=C(O)c1cc(Br)n(CC(F)F)c1. The molecule has 0 spiro atoms. The molecule has 0 aliphatic rings. The van der Waals surface area contributed by atoms with Gasteiger partial charge in [0.2, 0.25) is 0 Å². The first-order valence-electron chi connectivity index (χ1n) is 3.38. The van der Waals surface area contributed by atoms with Crippen LogP contribution in [0.3, 0.4) is 0 Å². The van der Waals surface area contributed by atoms with Crippen molar-refractivity contribution in [1.82, 2.24) is 4.57 Å². The van der Waals surface area contributed by atoms with Crippen molar-refractivity contribution in [3.8, 4) is 0 Å². The molecule has 0 saturated heterocycles. The Bertz CT molecular complexity index is 324. The van der Waals surface area contributed by atoms with E-state index in [0.29, 0.717) is 4.60 Å². The summed E-state index contributed by atoms with van der Waals surface area (Å²) in [6.45, 7) is -0.506. The molecule has 0 aromatic carbocycles. The summed E-state index contributed by atoms with van der Waals surface area (Å²) >= 11 is 2.98. The molecule has 6 heteroatoms. The lowest BCUT2D eigenvalue weighted by molar-refractivity contribution is 0.0696. The van der Waals surface area contributed by atoms with Gasteiger partial charge in [-0.25, -0.2) is 13.6 Å². The molecule has 1 heterocycles. The highest BCUT2D eigenvalue weighted by Crippen LogP contribution is 2.16. The largest absolute Gasteiger partial charge is 0.478 e. The number of rotatable bonds is 3. The number of aromatic carboxylic acids is 1. The van der Waals surface area contributed by atoms with Crippen LogP contribution >= 0.6 is 15.9 Å². The Labute approximate surface area is 81.1 Å². The van der Waals surface area contributed by atoms with E-state index in [2.05, 4.69) is 15.9 Å². The van der Waals surface area contributed by atoms with E-state index in [1.54, 1.807) is 0 Å². The quantitative estimate of drug-likeness (QED) is 0.898. The molecule has 1 aromatic rings. The van der Waals surface area contributed by atoms with Crippen LogP contribution < -0.4 is 0 Å². The molecule has 13 heavy (non-hydrogen) atoms. The second-order valence-electron chi connectivity index (χ2n) is 2.40. The minimum atomic E-state index is -2.50. The molecule has 0 aliphatic carbocycles. The average molecular weight is 254 g/mol. The fourth-order valence-corrected chi connectivity index (χ4v) is 1.38. The zero-order valence-electron chi connectivity index (χ0n) is 6.38. The second-order valence-corrected chi connectivity index (χ2v) is 3.21. The maximum absolute atomic E-state index is 11.9. The van der Waals surface area contributed by atoms with Crippen LogP contribution in [0.4, 0.5) is 8.78 Å².